The summed E-state index contributed by atoms with van der Waals surface area (Å²) >= 11 is 1.11. The fourth-order valence-corrected chi connectivity index (χ4v) is 2.94. The van der Waals surface area contributed by atoms with Crippen molar-refractivity contribution in [2.75, 3.05) is 7.11 Å². The van der Waals surface area contributed by atoms with Crippen LogP contribution in [-0.2, 0) is 13.2 Å². The minimum absolute atomic E-state index is 0.113. The second-order valence-corrected chi connectivity index (χ2v) is 6.25. The van der Waals surface area contributed by atoms with Gasteiger partial charge in [0.2, 0.25) is 11.7 Å². The molecule has 4 rings (SSSR count). The van der Waals surface area contributed by atoms with Gasteiger partial charge < -0.3 is 19.3 Å². The Morgan fingerprint density at radius 1 is 1.11 bits per heavy atom. The molecule has 9 nitrogen and oxygen atoms in total. The summed E-state index contributed by atoms with van der Waals surface area (Å²) in [4.78, 5) is 16.5. The molecule has 0 aliphatic carbocycles. The van der Waals surface area contributed by atoms with Crippen LogP contribution >= 0.6 is 11.7 Å². The highest BCUT2D eigenvalue weighted by Crippen LogP contribution is 2.18. The highest BCUT2D eigenvalue weighted by molar-refractivity contribution is 7.00. The maximum atomic E-state index is 12.3. The Morgan fingerprint density at radius 2 is 1.89 bits per heavy atom. The predicted molar refractivity (Wildman–Crippen MR) is 100 cm³/mol. The van der Waals surface area contributed by atoms with Gasteiger partial charge >= 0.3 is 0 Å². The van der Waals surface area contributed by atoms with Gasteiger partial charge in [-0.1, -0.05) is 5.16 Å². The largest absolute Gasteiger partial charge is 0.497 e. The summed E-state index contributed by atoms with van der Waals surface area (Å²) in [5.41, 5.74) is 1.94. The number of hydrogen-bond donors (Lipinski definition) is 1. The number of hydrogen-bond acceptors (Lipinski definition) is 9. The summed E-state index contributed by atoms with van der Waals surface area (Å²) in [5, 5.41) is 6.58. The van der Waals surface area contributed by atoms with E-state index in [9.17, 15) is 4.79 Å². The van der Waals surface area contributed by atoms with E-state index in [1.54, 1.807) is 49.6 Å². The lowest BCUT2D eigenvalue weighted by molar-refractivity contribution is 0.0946. The van der Waals surface area contributed by atoms with Crippen molar-refractivity contribution >= 4 is 28.7 Å². The predicted octanol–water partition coefficient (Wildman–Crippen LogP) is 2.59. The topological polar surface area (TPSA) is 112 Å². The molecule has 2 aromatic carbocycles. The van der Waals surface area contributed by atoms with Crippen molar-refractivity contribution in [1.29, 1.82) is 0 Å². The highest BCUT2D eigenvalue weighted by atomic mass is 32.1. The summed E-state index contributed by atoms with van der Waals surface area (Å²) in [6, 6.07) is 12.3. The van der Waals surface area contributed by atoms with Crippen molar-refractivity contribution in [2.24, 2.45) is 0 Å². The molecule has 1 N–H and O–H groups in total. The molecule has 0 radical (unpaired) electrons. The molecular weight excluding hydrogens is 382 g/mol. The van der Waals surface area contributed by atoms with Gasteiger partial charge in [-0.05, 0) is 42.5 Å². The number of rotatable bonds is 7. The van der Waals surface area contributed by atoms with Crippen LogP contribution in [0.25, 0.3) is 11.0 Å². The van der Waals surface area contributed by atoms with E-state index in [2.05, 4.69) is 24.2 Å². The maximum absolute atomic E-state index is 12.3. The summed E-state index contributed by atoms with van der Waals surface area (Å²) < 4.78 is 24.1. The normalized spacial score (nSPS) is 10.8. The van der Waals surface area contributed by atoms with Gasteiger partial charge in [-0.2, -0.15) is 13.7 Å². The number of nitrogens with one attached hydrogen (secondary N) is 1. The second kappa shape index (κ2) is 8.01. The van der Waals surface area contributed by atoms with Crippen LogP contribution in [-0.4, -0.2) is 31.9 Å². The highest BCUT2D eigenvalue weighted by Gasteiger charge is 2.11. The molecule has 0 fully saturated rings. The molecule has 0 aliphatic rings. The van der Waals surface area contributed by atoms with Crippen molar-refractivity contribution < 1.29 is 18.8 Å². The van der Waals surface area contributed by atoms with Crippen LogP contribution in [0.5, 0.6) is 11.5 Å². The SMILES string of the molecule is COc1ccc(OCc2noc(CNC(=O)c3ccc4nsnc4c3)n2)cc1. The molecule has 0 spiro atoms. The molecule has 28 heavy (non-hydrogen) atoms. The van der Waals surface area contributed by atoms with E-state index in [1.807, 2.05) is 0 Å². The number of nitrogens with zero attached hydrogens (tertiary/aromatic N) is 4. The lowest BCUT2D eigenvalue weighted by Crippen LogP contribution is -2.22. The van der Waals surface area contributed by atoms with Crippen molar-refractivity contribution in [3.8, 4) is 11.5 Å². The first-order valence-corrected chi connectivity index (χ1v) is 9.03. The first-order chi connectivity index (χ1) is 13.7. The molecule has 2 aromatic heterocycles. The van der Waals surface area contributed by atoms with E-state index in [0.29, 0.717) is 22.7 Å². The molecule has 0 aliphatic heterocycles. The van der Waals surface area contributed by atoms with E-state index in [-0.39, 0.29) is 24.9 Å². The lowest BCUT2D eigenvalue weighted by Gasteiger charge is -2.04. The average Bonchev–Trinajstić information content (AvgIpc) is 3.39. The minimum Gasteiger partial charge on any atom is -0.497 e. The van der Waals surface area contributed by atoms with Crippen LogP contribution in [0.15, 0.2) is 47.0 Å². The zero-order valence-electron chi connectivity index (χ0n) is 14.8. The number of carbonyl (C=O) groups excluding carboxylic acids is 1. The molecule has 0 unspecified atom stereocenters. The quantitative estimate of drug-likeness (QED) is 0.506. The molecule has 0 saturated carbocycles. The van der Waals surface area contributed by atoms with Gasteiger partial charge in [0.15, 0.2) is 6.61 Å². The van der Waals surface area contributed by atoms with Crippen molar-refractivity contribution in [3.05, 3.63) is 59.7 Å². The number of aromatic nitrogens is 4. The third kappa shape index (κ3) is 4.07. The molecule has 142 valence electrons. The number of amides is 1. The minimum atomic E-state index is -0.260. The van der Waals surface area contributed by atoms with Crippen LogP contribution in [0.3, 0.4) is 0 Å². The third-order valence-corrected chi connectivity index (χ3v) is 4.41. The van der Waals surface area contributed by atoms with Gasteiger partial charge in [-0.3, -0.25) is 4.79 Å². The second-order valence-electron chi connectivity index (χ2n) is 5.72. The van der Waals surface area contributed by atoms with E-state index >= 15 is 0 Å². The van der Waals surface area contributed by atoms with E-state index in [1.165, 1.54) is 0 Å². The average molecular weight is 397 g/mol. The van der Waals surface area contributed by atoms with Gasteiger partial charge in [0.25, 0.3) is 5.91 Å². The van der Waals surface area contributed by atoms with E-state index in [4.69, 9.17) is 14.0 Å². The van der Waals surface area contributed by atoms with Crippen LogP contribution < -0.4 is 14.8 Å². The Balaban J connectivity index is 1.30. The van der Waals surface area contributed by atoms with Crippen molar-refractivity contribution in [1.82, 2.24) is 24.2 Å². The summed E-state index contributed by atoms with van der Waals surface area (Å²) in [6.07, 6.45) is 0. The first kappa shape index (κ1) is 17.9. The zero-order chi connectivity index (χ0) is 19.3. The van der Waals surface area contributed by atoms with Gasteiger partial charge in [0.1, 0.15) is 22.5 Å². The summed E-state index contributed by atoms with van der Waals surface area (Å²) in [7, 11) is 1.60. The molecule has 4 aromatic rings. The zero-order valence-corrected chi connectivity index (χ0v) is 15.6. The van der Waals surface area contributed by atoms with Gasteiger partial charge in [-0.25, -0.2) is 0 Å². The van der Waals surface area contributed by atoms with Crippen molar-refractivity contribution in [3.63, 3.8) is 0 Å². The molecule has 0 bridgehead atoms. The Hall–Kier alpha value is -3.53. The van der Waals surface area contributed by atoms with Crippen LogP contribution in [0.4, 0.5) is 0 Å². The van der Waals surface area contributed by atoms with Gasteiger partial charge in [0, 0.05) is 5.56 Å². The first-order valence-electron chi connectivity index (χ1n) is 8.30. The number of carbonyl (C=O) groups is 1. The number of fused-ring (bicyclic) bond motifs is 1. The van der Waals surface area contributed by atoms with E-state index in [0.717, 1.165) is 23.0 Å². The molecule has 10 heteroatoms. The molecule has 2 heterocycles. The van der Waals surface area contributed by atoms with Gasteiger partial charge in [-0.15, -0.1) is 0 Å². The lowest BCUT2D eigenvalue weighted by atomic mass is 10.2. The fourth-order valence-electron chi connectivity index (χ4n) is 2.42. The Bertz CT molecular complexity index is 1090. The summed E-state index contributed by atoms with van der Waals surface area (Å²) in [6.45, 7) is 0.263. The monoisotopic (exact) mass is 397 g/mol. The molecule has 0 atom stereocenters. The smallest absolute Gasteiger partial charge is 0.251 e. The van der Waals surface area contributed by atoms with Gasteiger partial charge in [0.05, 0.1) is 25.4 Å². The third-order valence-electron chi connectivity index (χ3n) is 3.85. The van der Waals surface area contributed by atoms with Crippen molar-refractivity contribution in [2.45, 2.75) is 13.2 Å². The maximum Gasteiger partial charge on any atom is 0.251 e. The Kier molecular flexibility index (Phi) is 5.11. The fraction of sp³-hybridized carbons (Fsp3) is 0.167. The molecule has 0 saturated heterocycles. The Morgan fingerprint density at radius 3 is 2.71 bits per heavy atom. The van der Waals surface area contributed by atoms with Crippen LogP contribution in [0, 0.1) is 0 Å². The molecule has 1 amide bonds. The standard InChI is InChI=1S/C18H15N5O4S/c1-25-12-3-5-13(6-4-12)26-10-16-20-17(27-21-16)9-19-18(24)11-2-7-14-15(8-11)23-28-22-14/h2-8H,9-10H2,1H3,(H,19,24). The van der Waals surface area contributed by atoms with Crippen LogP contribution in [0.1, 0.15) is 22.1 Å². The number of methoxy groups -OCH3 is 1. The van der Waals surface area contributed by atoms with E-state index < -0.39 is 0 Å². The molecular formula is C18H15N5O4S. The Labute approximate surface area is 163 Å². The number of benzene rings is 2. The van der Waals surface area contributed by atoms with Crippen LogP contribution in [0.2, 0.25) is 0 Å². The summed E-state index contributed by atoms with van der Waals surface area (Å²) in [5.74, 6) is 1.82. The number of ether oxygens (including phenoxy) is 2.